The molecule has 8 rings (SSSR count). The van der Waals surface area contributed by atoms with E-state index in [1.165, 1.54) is 4.90 Å². The predicted molar refractivity (Wildman–Crippen MR) is 180 cm³/mol. The number of piperidine rings is 1. The number of carboxylic acid groups (broad SMARTS) is 1. The highest BCUT2D eigenvalue weighted by Crippen LogP contribution is 2.43. The molecule has 2 atom stereocenters. The predicted octanol–water partition coefficient (Wildman–Crippen LogP) is 7.01. The number of amides is 1. The van der Waals surface area contributed by atoms with E-state index in [-0.39, 0.29) is 64.1 Å². The van der Waals surface area contributed by atoms with Gasteiger partial charge in [0.25, 0.3) is 5.91 Å². The van der Waals surface area contributed by atoms with Gasteiger partial charge >= 0.3 is 5.97 Å². The Morgan fingerprint density at radius 2 is 1.58 bits per heavy atom. The number of hydrogen-bond acceptors (Lipinski definition) is 7. The van der Waals surface area contributed by atoms with Gasteiger partial charge in [-0.25, -0.2) is 9.18 Å². The van der Waals surface area contributed by atoms with Crippen LogP contribution < -0.4 is 14.5 Å². The van der Waals surface area contributed by atoms with E-state index in [1.807, 2.05) is 6.07 Å². The number of halogens is 3. The first-order valence-electron chi connectivity index (χ1n) is 16.6. The molecule has 2 unspecified atom stereocenters. The van der Waals surface area contributed by atoms with E-state index in [4.69, 9.17) is 37.4 Å². The van der Waals surface area contributed by atoms with Crippen molar-refractivity contribution in [2.45, 2.75) is 69.4 Å². The molecular formula is C36H36Cl2FN3O6. The third-order valence-corrected chi connectivity index (χ3v) is 10.8. The van der Waals surface area contributed by atoms with Crippen molar-refractivity contribution in [1.29, 1.82) is 0 Å². The van der Waals surface area contributed by atoms with E-state index in [9.17, 15) is 14.7 Å². The van der Waals surface area contributed by atoms with Crippen LogP contribution in [-0.4, -0.2) is 79.2 Å². The first-order valence-corrected chi connectivity index (χ1v) is 17.4. The maximum Gasteiger partial charge on any atom is 0.337 e. The zero-order valence-electron chi connectivity index (χ0n) is 26.3. The second-order valence-electron chi connectivity index (χ2n) is 13.4. The van der Waals surface area contributed by atoms with Crippen molar-refractivity contribution in [3.05, 3.63) is 75.0 Å². The standard InChI is InChI=1S/C36H36Cl2FN3O6/c37-29-12-23(40-10-8-25(9-11-40)48-24-6-7-24)13-30(38)33(29)35(43)41-16-20-2-1-3-26(34(20)47-19-41)27-15-32(28(36(44)45)14-31(27)39)42-21-4-5-22(42)18-46-17-21/h1-3,12-15,21-22,24-25H,4-11,16-19H2,(H,44,45). The van der Waals surface area contributed by atoms with Crippen molar-refractivity contribution >= 4 is 46.5 Å². The lowest BCUT2D eigenvalue weighted by Gasteiger charge is -2.37. The number of carboxylic acids is 1. The molecule has 252 valence electrons. The number of morpholine rings is 1. The molecule has 1 amide bonds. The molecule has 12 heteroatoms. The Balaban J connectivity index is 1.03. The first-order chi connectivity index (χ1) is 23.2. The fraction of sp³-hybridized carbons (Fsp3) is 0.444. The summed E-state index contributed by atoms with van der Waals surface area (Å²) in [4.78, 5) is 31.8. The topological polar surface area (TPSA) is 91.8 Å². The lowest BCUT2D eigenvalue weighted by molar-refractivity contribution is 0.0247. The molecule has 1 N–H and O–H groups in total. The van der Waals surface area contributed by atoms with Crippen molar-refractivity contribution in [2.24, 2.45) is 0 Å². The van der Waals surface area contributed by atoms with Crippen LogP contribution in [0.3, 0.4) is 0 Å². The molecule has 3 saturated heterocycles. The summed E-state index contributed by atoms with van der Waals surface area (Å²) in [5, 5.41) is 10.5. The van der Waals surface area contributed by atoms with E-state index in [1.54, 1.807) is 30.3 Å². The molecule has 3 aromatic carbocycles. The maximum absolute atomic E-state index is 15.7. The maximum atomic E-state index is 15.7. The molecule has 1 aliphatic carbocycles. The number of carbonyl (C=O) groups is 2. The van der Waals surface area contributed by atoms with E-state index in [2.05, 4.69) is 9.80 Å². The lowest BCUT2D eigenvalue weighted by atomic mass is 9.96. The van der Waals surface area contributed by atoms with Crippen molar-refractivity contribution in [2.75, 3.05) is 42.8 Å². The highest BCUT2D eigenvalue weighted by molar-refractivity contribution is 6.40. The highest BCUT2D eigenvalue weighted by Gasteiger charge is 2.40. The van der Waals surface area contributed by atoms with Crippen molar-refractivity contribution in [1.82, 2.24) is 4.90 Å². The van der Waals surface area contributed by atoms with Crippen molar-refractivity contribution < 1.29 is 33.3 Å². The van der Waals surface area contributed by atoms with E-state index < -0.39 is 11.8 Å². The number of nitrogens with zero attached hydrogens (tertiary/aromatic N) is 3. The van der Waals surface area contributed by atoms with Crippen LogP contribution in [0.4, 0.5) is 15.8 Å². The van der Waals surface area contributed by atoms with Gasteiger partial charge in [0.1, 0.15) is 11.6 Å². The Kier molecular flexibility index (Phi) is 8.39. The molecular weight excluding hydrogens is 660 g/mol. The summed E-state index contributed by atoms with van der Waals surface area (Å²) in [5.41, 5.74) is 2.88. The second-order valence-corrected chi connectivity index (χ2v) is 14.2. The summed E-state index contributed by atoms with van der Waals surface area (Å²) in [6, 6.07) is 11.7. The van der Waals surface area contributed by atoms with Crippen LogP contribution in [0.1, 0.15) is 64.8 Å². The molecule has 0 radical (unpaired) electrons. The van der Waals surface area contributed by atoms with Gasteiger partial charge in [0.2, 0.25) is 0 Å². The van der Waals surface area contributed by atoms with Crippen LogP contribution in [0.25, 0.3) is 11.1 Å². The third-order valence-electron chi connectivity index (χ3n) is 10.2. The molecule has 4 heterocycles. The summed E-state index contributed by atoms with van der Waals surface area (Å²) >= 11 is 13.4. The first kappa shape index (κ1) is 31.7. The lowest BCUT2D eigenvalue weighted by Crippen LogP contribution is -2.46. The molecule has 0 spiro atoms. The molecule has 5 aliphatic rings. The van der Waals surface area contributed by atoms with E-state index in [0.29, 0.717) is 41.9 Å². The Morgan fingerprint density at radius 1 is 0.896 bits per heavy atom. The number of ether oxygens (including phenoxy) is 3. The average molecular weight is 697 g/mol. The van der Waals surface area contributed by atoms with Crippen LogP contribution in [0.5, 0.6) is 5.75 Å². The van der Waals surface area contributed by atoms with Gasteiger partial charge in [-0.2, -0.15) is 0 Å². The third kappa shape index (κ3) is 5.87. The summed E-state index contributed by atoms with van der Waals surface area (Å²) in [5.74, 6) is -1.77. The number of benzene rings is 3. The molecule has 2 bridgehead atoms. The zero-order valence-corrected chi connectivity index (χ0v) is 27.8. The van der Waals surface area contributed by atoms with Gasteiger partial charge in [0, 0.05) is 35.5 Å². The zero-order chi connectivity index (χ0) is 33.1. The summed E-state index contributed by atoms with van der Waals surface area (Å²) in [7, 11) is 0. The van der Waals surface area contributed by atoms with Crippen LogP contribution in [0.15, 0.2) is 42.5 Å². The average Bonchev–Trinajstić information content (AvgIpc) is 3.86. The summed E-state index contributed by atoms with van der Waals surface area (Å²) in [6.45, 7) is 2.75. The monoisotopic (exact) mass is 695 g/mol. The van der Waals surface area contributed by atoms with E-state index >= 15 is 4.39 Å². The number of aromatic carboxylic acids is 1. The quantitative estimate of drug-likeness (QED) is 0.283. The summed E-state index contributed by atoms with van der Waals surface area (Å²) < 4.78 is 33.7. The highest BCUT2D eigenvalue weighted by atomic mass is 35.5. The van der Waals surface area contributed by atoms with Gasteiger partial charge in [-0.05, 0) is 62.8 Å². The van der Waals surface area contributed by atoms with Crippen LogP contribution in [0.2, 0.25) is 10.0 Å². The largest absolute Gasteiger partial charge is 0.478 e. The Labute approximate surface area is 288 Å². The van der Waals surface area contributed by atoms with Gasteiger partial charge < -0.3 is 34.0 Å². The minimum absolute atomic E-state index is 0.0344. The summed E-state index contributed by atoms with van der Waals surface area (Å²) in [6.07, 6.45) is 6.67. The number of carbonyl (C=O) groups excluding carboxylic acids is 1. The number of hydrogen-bond donors (Lipinski definition) is 1. The van der Waals surface area contributed by atoms with E-state index in [0.717, 1.165) is 63.4 Å². The second kappa shape index (κ2) is 12.7. The molecule has 4 aliphatic heterocycles. The Hall–Kier alpha value is -3.57. The number of fused-ring (bicyclic) bond motifs is 3. The van der Waals surface area contributed by atoms with Gasteiger partial charge in [-0.15, -0.1) is 0 Å². The van der Waals surface area contributed by atoms with Gasteiger partial charge in [0.05, 0.1) is 70.9 Å². The molecule has 1 saturated carbocycles. The Morgan fingerprint density at radius 3 is 2.25 bits per heavy atom. The number of rotatable bonds is 7. The molecule has 48 heavy (non-hydrogen) atoms. The van der Waals surface area contributed by atoms with Crippen LogP contribution >= 0.6 is 23.2 Å². The SMILES string of the molecule is O=C(O)c1cc(F)c(-c2cccc3c2OCN(C(=O)c2c(Cl)cc(N4CCC(OC5CC5)CC4)cc2Cl)C3)cc1N1C2CCC1COC2. The Bertz CT molecular complexity index is 1740. The fourth-order valence-electron chi connectivity index (χ4n) is 7.62. The molecule has 3 aromatic rings. The van der Waals surface area contributed by atoms with Crippen LogP contribution in [0, 0.1) is 5.82 Å². The van der Waals surface area contributed by atoms with Crippen molar-refractivity contribution in [3.8, 4) is 16.9 Å². The van der Waals surface area contributed by atoms with Gasteiger partial charge in [0.15, 0.2) is 6.73 Å². The molecule has 0 aromatic heterocycles. The van der Waals surface area contributed by atoms with Crippen LogP contribution in [-0.2, 0) is 16.0 Å². The smallest absolute Gasteiger partial charge is 0.337 e. The number of para-hydroxylation sites is 1. The van der Waals surface area contributed by atoms with Crippen molar-refractivity contribution in [3.63, 3.8) is 0 Å². The minimum Gasteiger partial charge on any atom is -0.478 e. The van der Waals surface area contributed by atoms with Gasteiger partial charge in [-0.3, -0.25) is 4.79 Å². The molecule has 9 nitrogen and oxygen atoms in total. The normalized spacial score (nSPS) is 22.4. The minimum atomic E-state index is -1.18. The number of anilines is 2. The fourth-order valence-corrected chi connectivity index (χ4v) is 8.26. The van der Waals surface area contributed by atoms with Gasteiger partial charge in [-0.1, -0.05) is 41.4 Å². The molecule has 4 fully saturated rings.